The molecule has 3 nitrogen and oxygen atoms in total. The standard InChI is InChI=1S/C29H43NO2/c1-27(32)15-16-29(3)22(19-27)7-9-23-24-10-8-21(28(24,2)14-11-25(23)29)5-4-6-26(31)20-12-17-30-18-13-20/h7,12-13,17-18,21,23-26,31-32H,4-6,8-11,14-16,19H2,1-3H3/t21-,23?,24?,25?,26?,27-,28?,29?/m0/s1. The summed E-state index contributed by atoms with van der Waals surface area (Å²) in [5.74, 6) is 3.30. The van der Waals surface area contributed by atoms with Crippen LogP contribution in [0.3, 0.4) is 0 Å². The highest BCUT2D eigenvalue weighted by molar-refractivity contribution is 5.26. The van der Waals surface area contributed by atoms with E-state index in [0.29, 0.717) is 10.8 Å². The zero-order chi connectivity index (χ0) is 22.6. The number of allylic oxidation sites excluding steroid dienone is 1. The highest BCUT2D eigenvalue weighted by Crippen LogP contribution is 2.67. The maximum atomic E-state index is 10.7. The molecule has 2 N–H and O–H groups in total. The second kappa shape index (κ2) is 8.24. The highest BCUT2D eigenvalue weighted by atomic mass is 16.3. The maximum absolute atomic E-state index is 10.7. The summed E-state index contributed by atoms with van der Waals surface area (Å²) < 4.78 is 0. The van der Waals surface area contributed by atoms with E-state index in [-0.39, 0.29) is 6.10 Å². The van der Waals surface area contributed by atoms with Gasteiger partial charge in [0.1, 0.15) is 0 Å². The Labute approximate surface area is 194 Å². The van der Waals surface area contributed by atoms with Gasteiger partial charge in [-0.1, -0.05) is 31.9 Å². The van der Waals surface area contributed by atoms with Gasteiger partial charge in [-0.25, -0.2) is 0 Å². The molecule has 176 valence electrons. The van der Waals surface area contributed by atoms with Crippen LogP contribution in [-0.2, 0) is 0 Å². The van der Waals surface area contributed by atoms with Crippen molar-refractivity contribution >= 4 is 0 Å². The third-order valence-corrected chi connectivity index (χ3v) is 10.7. The number of nitrogens with zero attached hydrogens (tertiary/aromatic N) is 1. The fraction of sp³-hybridized carbons (Fsp3) is 0.759. The van der Waals surface area contributed by atoms with E-state index in [2.05, 4.69) is 24.9 Å². The molecule has 3 heteroatoms. The van der Waals surface area contributed by atoms with E-state index in [4.69, 9.17) is 0 Å². The summed E-state index contributed by atoms with van der Waals surface area (Å²) in [6.45, 7) is 7.17. The summed E-state index contributed by atoms with van der Waals surface area (Å²) in [7, 11) is 0. The van der Waals surface area contributed by atoms with Crippen LogP contribution in [0.5, 0.6) is 0 Å². The van der Waals surface area contributed by atoms with Crippen molar-refractivity contribution in [1.82, 2.24) is 4.98 Å². The first kappa shape index (κ1) is 22.6. The van der Waals surface area contributed by atoms with E-state index < -0.39 is 5.60 Å². The second-order valence-electron chi connectivity index (χ2n) is 12.5. The van der Waals surface area contributed by atoms with Gasteiger partial charge in [0.15, 0.2) is 0 Å². The van der Waals surface area contributed by atoms with Crippen molar-refractivity contribution in [3.05, 3.63) is 41.7 Å². The topological polar surface area (TPSA) is 53.4 Å². The Bertz CT molecular complexity index is 848. The lowest BCUT2D eigenvalue weighted by Gasteiger charge is -2.59. The summed E-state index contributed by atoms with van der Waals surface area (Å²) in [4.78, 5) is 4.07. The molecule has 0 aromatic carbocycles. The molecular weight excluding hydrogens is 394 g/mol. The Morgan fingerprint density at radius 3 is 2.59 bits per heavy atom. The SMILES string of the molecule is CC12CC[C@](C)(O)CC1=CCC1C2CCC2(C)C1CC[C@@H]2CCCC(O)c1ccncc1. The fourth-order valence-corrected chi connectivity index (χ4v) is 8.70. The molecule has 1 heterocycles. The molecule has 0 amide bonds. The van der Waals surface area contributed by atoms with Gasteiger partial charge < -0.3 is 10.2 Å². The first-order valence-electron chi connectivity index (χ1n) is 13.2. The molecule has 5 rings (SSSR count). The van der Waals surface area contributed by atoms with Gasteiger partial charge in [-0.15, -0.1) is 0 Å². The van der Waals surface area contributed by atoms with E-state index in [9.17, 15) is 10.2 Å². The largest absolute Gasteiger partial charge is 0.390 e. The van der Waals surface area contributed by atoms with Crippen LogP contribution in [-0.4, -0.2) is 20.8 Å². The van der Waals surface area contributed by atoms with Crippen molar-refractivity contribution in [1.29, 1.82) is 0 Å². The molecular formula is C29H43NO2. The van der Waals surface area contributed by atoms with Crippen LogP contribution in [0.25, 0.3) is 0 Å². The minimum atomic E-state index is -0.499. The molecule has 1 aromatic rings. The number of aromatic nitrogens is 1. The van der Waals surface area contributed by atoms with Crippen LogP contribution in [0.15, 0.2) is 36.2 Å². The van der Waals surface area contributed by atoms with Gasteiger partial charge in [0.2, 0.25) is 0 Å². The van der Waals surface area contributed by atoms with Gasteiger partial charge in [0.05, 0.1) is 11.7 Å². The first-order valence-corrected chi connectivity index (χ1v) is 13.2. The molecule has 8 atom stereocenters. The molecule has 1 aromatic heterocycles. The molecule has 4 aliphatic rings. The quantitative estimate of drug-likeness (QED) is 0.509. The molecule has 0 radical (unpaired) electrons. The van der Waals surface area contributed by atoms with E-state index in [0.717, 1.165) is 61.3 Å². The number of pyridine rings is 1. The lowest BCUT2D eigenvalue weighted by molar-refractivity contribution is -0.0662. The fourth-order valence-electron chi connectivity index (χ4n) is 8.70. The molecule has 0 bridgehead atoms. The monoisotopic (exact) mass is 437 g/mol. The summed E-state index contributed by atoms with van der Waals surface area (Å²) in [5.41, 5.74) is 2.86. The summed E-state index contributed by atoms with van der Waals surface area (Å²) >= 11 is 0. The van der Waals surface area contributed by atoms with Gasteiger partial charge in [-0.2, -0.15) is 0 Å². The van der Waals surface area contributed by atoms with E-state index in [1.165, 1.54) is 38.5 Å². The van der Waals surface area contributed by atoms with E-state index in [1.807, 2.05) is 19.1 Å². The van der Waals surface area contributed by atoms with Crippen molar-refractivity contribution in [3.63, 3.8) is 0 Å². The van der Waals surface area contributed by atoms with Crippen LogP contribution in [0, 0.1) is 34.5 Å². The molecule has 6 unspecified atom stereocenters. The Kier molecular flexibility index (Phi) is 5.82. The summed E-state index contributed by atoms with van der Waals surface area (Å²) in [6.07, 6.45) is 18.7. The van der Waals surface area contributed by atoms with Crippen molar-refractivity contribution in [2.45, 2.75) is 103 Å². The number of hydrogen-bond acceptors (Lipinski definition) is 3. The number of aliphatic hydroxyl groups is 2. The van der Waals surface area contributed by atoms with Crippen molar-refractivity contribution in [3.8, 4) is 0 Å². The molecule has 3 fully saturated rings. The Hall–Kier alpha value is -1.19. The zero-order valence-corrected chi connectivity index (χ0v) is 20.4. The summed E-state index contributed by atoms with van der Waals surface area (Å²) in [5, 5.41) is 21.3. The normalized spacial score (nSPS) is 44.2. The van der Waals surface area contributed by atoms with Gasteiger partial charge in [0, 0.05) is 12.4 Å². The number of aliphatic hydroxyl groups excluding tert-OH is 1. The number of fused-ring (bicyclic) bond motifs is 5. The predicted molar refractivity (Wildman–Crippen MR) is 129 cm³/mol. The van der Waals surface area contributed by atoms with Crippen LogP contribution in [0.1, 0.15) is 103 Å². The Morgan fingerprint density at radius 1 is 1.03 bits per heavy atom. The molecule has 32 heavy (non-hydrogen) atoms. The average Bonchev–Trinajstić information content (AvgIpc) is 3.11. The Morgan fingerprint density at radius 2 is 1.81 bits per heavy atom. The third-order valence-electron chi connectivity index (χ3n) is 10.7. The minimum Gasteiger partial charge on any atom is -0.390 e. The molecule has 0 aliphatic heterocycles. The average molecular weight is 438 g/mol. The molecule has 0 saturated heterocycles. The second-order valence-corrected chi connectivity index (χ2v) is 12.5. The van der Waals surface area contributed by atoms with Crippen LogP contribution in [0.4, 0.5) is 0 Å². The van der Waals surface area contributed by atoms with Crippen LogP contribution in [0.2, 0.25) is 0 Å². The van der Waals surface area contributed by atoms with Gasteiger partial charge in [-0.3, -0.25) is 4.98 Å². The number of hydrogen-bond donors (Lipinski definition) is 2. The molecule has 4 aliphatic carbocycles. The molecule has 3 saturated carbocycles. The first-order chi connectivity index (χ1) is 15.2. The maximum Gasteiger partial charge on any atom is 0.0791 e. The Balaban J connectivity index is 1.25. The van der Waals surface area contributed by atoms with Gasteiger partial charge in [-0.05, 0) is 123 Å². The zero-order valence-electron chi connectivity index (χ0n) is 20.4. The van der Waals surface area contributed by atoms with Crippen LogP contribution < -0.4 is 0 Å². The lowest BCUT2D eigenvalue weighted by Crippen LogP contribution is -2.51. The van der Waals surface area contributed by atoms with Crippen molar-refractivity contribution in [2.75, 3.05) is 0 Å². The van der Waals surface area contributed by atoms with Crippen LogP contribution >= 0.6 is 0 Å². The number of rotatable bonds is 5. The van der Waals surface area contributed by atoms with Crippen molar-refractivity contribution < 1.29 is 10.2 Å². The third kappa shape index (κ3) is 3.78. The van der Waals surface area contributed by atoms with Gasteiger partial charge in [0.25, 0.3) is 0 Å². The molecule has 0 spiro atoms. The van der Waals surface area contributed by atoms with Gasteiger partial charge >= 0.3 is 0 Å². The highest BCUT2D eigenvalue weighted by Gasteiger charge is 2.58. The van der Waals surface area contributed by atoms with E-state index >= 15 is 0 Å². The smallest absolute Gasteiger partial charge is 0.0791 e. The van der Waals surface area contributed by atoms with E-state index in [1.54, 1.807) is 18.0 Å². The summed E-state index contributed by atoms with van der Waals surface area (Å²) in [6, 6.07) is 3.88. The van der Waals surface area contributed by atoms with Crippen molar-refractivity contribution in [2.24, 2.45) is 34.5 Å². The predicted octanol–water partition coefficient (Wildman–Crippen LogP) is 6.62. The minimum absolute atomic E-state index is 0.319. The lowest BCUT2D eigenvalue weighted by atomic mass is 9.46.